The Morgan fingerprint density at radius 1 is 1.62 bits per heavy atom. The quantitative estimate of drug-likeness (QED) is 0.631. The molecule has 0 aromatic heterocycles. The Bertz CT molecular complexity index is 431. The predicted molar refractivity (Wildman–Crippen MR) is 53.6 cm³/mol. The molecule has 1 rings (SSSR count). The standard InChI is InChI=1S/C10H10FNO4/c1-6(11)7-2-3-9(10(13)14)8(4-7)5-12(15)16/h2-4,6H,5H2,1H3,(H,13,14). The van der Waals surface area contributed by atoms with Gasteiger partial charge in [0.15, 0.2) is 0 Å². The first-order valence-corrected chi connectivity index (χ1v) is 4.53. The molecule has 0 bridgehead atoms. The van der Waals surface area contributed by atoms with Crippen molar-refractivity contribution >= 4 is 5.97 Å². The minimum Gasteiger partial charge on any atom is -0.478 e. The van der Waals surface area contributed by atoms with Gasteiger partial charge in [0.05, 0.1) is 5.56 Å². The van der Waals surface area contributed by atoms with Gasteiger partial charge in [0, 0.05) is 10.5 Å². The number of hydrogen-bond acceptors (Lipinski definition) is 3. The summed E-state index contributed by atoms with van der Waals surface area (Å²) in [5, 5.41) is 19.1. The molecule has 0 aliphatic rings. The molecule has 1 N–H and O–H groups in total. The SMILES string of the molecule is CC(F)c1ccc(C(=O)O)c(C[N+](=O)[O-])c1. The number of carboxylic acid groups (broad SMARTS) is 1. The number of benzene rings is 1. The van der Waals surface area contributed by atoms with Crippen molar-refractivity contribution in [3.05, 3.63) is 45.0 Å². The van der Waals surface area contributed by atoms with Crippen molar-refractivity contribution in [3.8, 4) is 0 Å². The normalized spacial score (nSPS) is 12.1. The van der Waals surface area contributed by atoms with Crippen LogP contribution in [0.1, 0.15) is 34.6 Å². The van der Waals surface area contributed by atoms with Crippen LogP contribution in [0.4, 0.5) is 4.39 Å². The fraction of sp³-hybridized carbons (Fsp3) is 0.300. The van der Waals surface area contributed by atoms with Gasteiger partial charge < -0.3 is 5.11 Å². The van der Waals surface area contributed by atoms with E-state index in [1.807, 2.05) is 0 Å². The molecule has 86 valence electrons. The fourth-order valence-corrected chi connectivity index (χ4v) is 1.34. The van der Waals surface area contributed by atoms with Crippen LogP contribution in [0.5, 0.6) is 0 Å². The van der Waals surface area contributed by atoms with Gasteiger partial charge in [-0.25, -0.2) is 9.18 Å². The first-order chi connectivity index (χ1) is 7.41. The summed E-state index contributed by atoms with van der Waals surface area (Å²) < 4.78 is 13.0. The zero-order valence-corrected chi connectivity index (χ0v) is 8.51. The maximum Gasteiger partial charge on any atom is 0.336 e. The monoisotopic (exact) mass is 227 g/mol. The second-order valence-electron chi connectivity index (χ2n) is 3.33. The molecule has 0 heterocycles. The summed E-state index contributed by atoms with van der Waals surface area (Å²) in [7, 11) is 0. The molecule has 1 unspecified atom stereocenters. The predicted octanol–water partition coefficient (Wildman–Crippen LogP) is 2.19. The molecule has 1 aromatic carbocycles. The van der Waals surface area contributed by atoms with Crippen molar-refractivity contribution in [3.63, 3.8) is 0 Å². The lowest BCUT2D eigenvalue weighted by molar-refractivity contribution is -0.496. The average Bonchev–Trinajstić information content (AvgIpc) is 2.15. The number of nitrogens with zero attached hydrogens (tertiary/aromatic N) is 1. The van der Waals surface area contributed by atoms with Crippen LogP contribution in [-0.2, 0) is 6.54 Å². The van der Waals surface area contributed by atoms with E-state index < -0.39 is 23.6 Å². The summed E-state index contributed by atoms with van der Waals surface area (Å²) in [6.45, 7) is 0.661. The molecule has 1 aromatic rings. The lowest BCUT2D eigenvalue weighted by atomic mass is 10.0. The van der Waals surface area contributed by atoms with Crippen molar-refractivity contribution in [1.82, 2.24) is 0 Å². The molecule has 6 heteroatoms. The Morgan fingerprint density at radius 2 is 2.25 bits per heavy atom. The van der Waals surface area contributed by atoms with Gasteiger partial charge in [0.1, 0.15) is 6.17 Å². The van der Waals surface area contributed by atoms with Gasteiger partial charge >= 0.3 is 5.97 Å². The third-order valence-corrected chi connectivity index (χ3v) is 2.12. The number of rotatable bonds is 4. The molecule has 0 saturated heterocycles. The van der Waals surface area contributed by atoms with Gasteiger partial charge in [-0.2, -0.15) is 0 Å². The second kappa shape index (κ2) is 4.69. The number of carboxylic acids is 1. The number of hydrogen-bond donors (Lipinski definition) is 1. The minimum absolute atomic E-state index is 0.0134. The molecule has 0 aliphatic carbocycles. The Labute approximate surface area is 90.7 Å². The van der Waals surface area contributed by atoms with E-state index in [9.17, 15) is 19.3 Å². The summed E-state index contributed by atoms with van der Waals surface area (Å²) in [6.07, 6.45) is -1.28. The van der Waals surface area contributed by atoms with Gasteiger partial charge in [-0.1, -0.05) is 6.07 Å². The molecule has 0 fully saturated rings. The van der Waals surface area contributed by atoms with Crippen LogP contribution in [0.15, 0.2) is 18.2 Å². The first-order valence-electron chi connectivity index (χ1n) is 4.53. The van der Waals surface area contributed by atoms with Crippen molar-refractivity contribution in [1.29, 1.82) is 0 Å². The van der Waals surface area contributed by atoms with Crippen molar-refractivity contribution in [2.24, 2.45) is 0 Å². The van der Waals surface area contributed by atoms with Gasteiger partial charge in [-0.3, -0.25) is 10.1 Å². The average molecular weight is 227 g/mol. The molecule has 0 saturated carbocycles. The number of carbonyl (C=O) groups is 1. The molecule has 0 radical (unpaired) electrons. The van der Waals surface area contributed by atoms with Crippen LogP contribution < -0.4 is 0 Å². The van der Waals surface area contributed by atoms with Crippen LogP contribution in [0.25, 0.3) is 0 Å². The van der Waals surface area contributed by atoms with Gasteiger partial charge in [-0.05, 0) is 24.6 Å². The van der Waals surface area contributed by atoms with Crippen molar-refractivity contribution < 1.29 is 19.2 Å². The maximum absolute atomic E-state index is 13.0. The highest BCUT2D eigenvalue weighted by atomic mass is 19.1. The van der Waals surface area contributed by atoms with E-state index in [2.05, 4.69) is 0 Å². The zero-order chi connectivity index (χ0) is 12.3. The summed E-state index contributed by atoms with van der Waals surface area (Å²) in [4.78, 5) is 20.5. The molecular weight excluding hydrogens is 217 g/mol. The first kappa shape index (κ1) is 12.1. The minimum atomic E-state index is -1.28. The summed E-state index contributed by atoms with van der Waals surface area (Å²) >= 11 is 0. The van der Waals surface area contributed by atoms with E-state index in [0.29, 0.717) is 0 Å². The van der Waals surface area contributed by atoms with Crippen molar-refractivity contribution in [2.75, 3.05) is 0 Å². The molecule has 5 nitrogen and oxygen atoms in total. The lowest BCUT2D eigenvalue weighted by Gasteiger charge is -2.06. The number of alkyl halides is 1. The molecule has 0 aliphatic heterocycles. The van der Waals surface area contributed by atoms with E-state index >= 15 is 0 Å². The van der Waals surface area contributed by atoms with Crippen LogP contribution >= 0.6 is 0 Å². The van der Waals surface area contributed by atoms with Crippen LogP contribution in [0, 0.1) is 10.1 Å². The maximum atomic E-state index is 13.0. The third-order valence-electron chi connectivity index (χ3n) is 2.12. The van der Waals surface area contributed by atoms with E-state index in [0.717, 1.165) is 0 Å². The Balaban J connectivity index is 3.20. The topological polar surface area (TPSA) is 80.4 Å². The molecule has 16 heavy (non-hydrogen) atoms. The second-order valence-corrected chi connectivity index (χ2v) is 3.33. The van der Waals surface area contributed by atoms with E-state index in [1.54, 1.807) is 0 Å². The smallest absolute Gasteiger partial charge is 0.336 e. The summed E-state index contributed by atoms with van der Waals surface area (Å²) in [5.41, 5.74) is 0.0856. The Kier molecular flexibility index (Phi) is 3.55. The Hall–Kier alpha value is -1.98. The number of halogens is 1. The number of nitro groups is 1. The van der Waals surface area contributed by atoms with Crippen molar-refractivity contribution in [2.45, 2.75) is 19.6 Å². The largest absolute Gasteiger partial charge is 0.478 e. The fourth-order valence-electron chi connectivity index (χ4n) is 1.34. The van der Waals surface area contributed by atoms with Gasteiger partial charge in [-0.15, -0.1) is 0 Å². The van der Waals surface area contributed by atoms with Gasteiger partial charge in [0.2, 0.25) is 6.54 Å². The van der Waals surface area contributed by atoms with E-state index in [-0.39, 0.29) is 16.7 Å². The molecule has 1 atom stereocenters. The van der Waals surface area contributed by atoms with Crippen LogP contribution in [0.3, 0.4) is 0 Å². The highest BCUT2D eigenvalue weighted by Gasteiger charge is 2.16. The zero-order valence-electron chi connectivity index (χ0n) is 8.51. The molecular formula is C10H10FNO4. The summed E-state index contributed by atoms with van der Waals surface area (Å²) in [5.74, 6) is -1.25. The third kappa shape index (κ3) is 2.75. The van der Waals surface area contributed by atoms with Gasteiger partial charge in [0.25, 0.3) is 0 Å². The van der Waals surface area contributed by atoms with E-state index in [1.165, 1.54) is 25.1 Å². The summed E-state index contributed by atoms with van der Waals surface area (Å²) in [6, 6.07) is 3.72. The highest BCUT2D eigenvalue weighted by Crippen LogP contribution is 2.21. The van der Waals surface area contributed by atoms with E-state index in [4.69, 9.17) is 5.11 Å². The number of aromatic carboxylic acids is 1. The molecule has 0 amide bonds. The highest BCUT2D eigenvalue weighted by molar-refractivity contribution is 5.89. The Morgan fingerprint density at radius 3 is 2.69 bits per heavy atom. The van der Waals surface area contributed by atoms with Crippen LogP contribution in [0.2, 0.25) is 0 Å². The molecule has 0 spiro atoms. The van der Waals surface area contributed by atoms with Crippen LogP contribution in [-0.4, -0.2) is 16.0 Å². The lowest BCUT2D eigenvalue weighted by Crippen LogP contribution is -2.08.